The fourth-order valence-corrected chi connectivity index (χ4v) is 2.14. The predicted octanol–water partition coefficient (Wildman–Crippen LogP) is 2.92. The molecular formula is C16H26N2O3. The van der Waals surface area contributed by atoms with Gasteiger partial charge in [-0.3, -0.25) is 0 Å². The maximum Gasteiger partial charge on any atom is 0.144 e. The summed E-state index contributed by atoms with van der Waals surface area (Å²) in [5.74, 6) is 1.68. The normalized spacial score (nSPS) is 16.3. The summed E-state index contributed by atoms with van der Waals surface area (Å²) in [4.78, 5) is 0. The number of nitrogens with zero attached hydrogens (tertiary/aromatic N) is 1. The monoisotopic (exact) mass is 294 g/mol. The Morgan fingerprint density at radius 3 is 2.33 bits per heavy atom. The Morgan fingerprint density at radius 2 is 1.71 bits per heavy atom. The third kappa shape index (κ3) is 5.10. The van der Waals surface area contributed by atoms with E-state index in [1.807, 2.05) is 45.9 Å². The summed E-state index contributed by atoms with van der Waals surface area (Å²) in [5.41, 5.74) is 4.35. The van der Waals surface area contributed by atoms with Gasteiger partial charge in [0.1, 0.15) is 11.5 Å². The zero-order valence-electron chi connectivity index (χ0n) is 13.4. The van der Waals surface area contributed by atoms with Crippen LogP contribution in [0.4, 0.5) is 5.69 Å². The molecule has 0 saturated carbocycles. The molecule has 0 radical (unpaired) electrons. The Bertz CT molecular complexity index is 443. The molecule has 5 heteroatoms. The van der Waals surface area contributed by atoms with Crippen molar-refractivity contribution in [3.63, 3.8) is 0 Å². The summed E-state index contributed by atoms with van der Waals surface area (Å²) < 4.78 is 17.0. The Morgan fingerprint density at radius 1 is 1.05 bits per heavy atom. The van der Waals surface area contributed by atoms with Gasteiger partial charge < -0.3 is 19.6 Å². The molecule has 5 nitrogen and oxygen atoms in total. The minimum absolute atomic E-state index is 0.132. The Hall–Kier alpha value is -1.46. The summed E-state index contributed by atoms with van der Waals surface area (Å²) in [7, 11) is 0. The third-order valence-electron chi connectivity index (χ3n) is 2.98. The van der Waals surface area contributed by atoms with Gasteiger partial charge in [0.15, 0.2) is 0 Å². The third-order valence-corrected chi connectivity index (χ3v) is 2.98. The quantitative estimate of drug-likeness (QED) is 0.874. The Labute approximate surface area is 127 Å². The van der Waals surface area contributed by atoms with Crippen LogP contribution in [0, 0.1) is 0 Å². The molecule has 1 fully saturated rings. The largest absolute Gasteiger partial charge is 0.491 e. The first-order valence-electron chi connectivity index (χ1n) is 7.61. The first-order chi connectivity index (χ1) is 10.0. The second-order valence-corrected chi connectivity index (χ2v) is 5.70. The van der Waals surface area contributed by atoms with Crippen molar-refractivity contribution >= 4 is 5.69 Å². The van der Waals surface area contributed by atoms with Gasteiger partial charge in [0, 0.05) is 19.2 Å². The van der Waals surface area contributed by atoms with Crippen molar-refractivity contribution in [3.8, 4) is 11.5 Å². The second kappa shape index (κ2) is 7.52. The van der Waals surface area contributed by atoms with Crippen molar-refractivity contribution in [2.24, 2.45) is 0 Å². The molecule has 0 spiro atoms. The van der Waals surface area contributed by atoms with Crippen molar-refractivity contribution < 1.29 is 14.2 Å². The molecular weight excluding hydrogens is 268 g/mol. The van der Waals surface area contributed by atoms with Gasteiger partial charge in [0.05, 0.1) is 31.1 Å². The second-order valence-electron chi connectivity index (χ2n) is 5.70. The number of morpholine rings is 1. The van der Waals surface area contributed by atoms with Gasteiger partial charge >= 0.3 is 0 Å². The van der Waals surface area contributed by atoms with Crippen molar-refractivity contribution in [3.05, 3.63) is 18.2 Å². The molecule has 0 aliphatic carbocycles. The zero-order valence-corrected chi connectivity index (χ0v) is 13.4. The van der Waals surface area contributed by atoms with Crippen LogP contribution in [-0.4, -0.2) is 43.5 Å². The van der Waals surface area contributed by atoms with Crippen LogP contribution >= 0.6 is 0 Å². The first-order valence-corrected chi connectivity index (χ1v) is 7.61. The Balaban J connectivity index is 2.15. The number of hydrazine groups is 1. The number of hydrogen-bond donors (Lipinski definition) is 1. The Kier molecular flexibility index (Phi) is 5.70. The highest BCUT2D eigenvalue weighted by Crippen LogP contribution is 2.31. The summed E-state index contributed by atoms with van der Waals surface area (Å²) in [6.45, 7) is 11.3. The molecule has 1 N–H and O–H groups in total. The van der Waals surface area contributed by atoms with E-state index in [0.29, 0.717) is 0 Å². The summed E-state index contributed by atoms with van der Waals surface area (Å²) in [6, 6.07) is 5.90. The van der Waals surface area contributed by atoms with Crippen molar-refractivity contribution in [1.29, 1.82) is 0 Å². The van der Waals surface area contributed by atoms with E-state index in [0.717, 1.165) is 43.5 Å². The van der Waals surface area contributed by atoms with Crippen molar-refractivity contribution in [2.45, 2.75) is 39.9 Å². The first kappa shape index (κ1) is 15.9. The lowest BCUT2D eigenvalue weighted by atomic mass is 10.2. The molecule has 0 unspecified atom stereocenters. The summed E-state index contributed by atoms with van der Waals surface area (Å²) in [5, 5.41) is 2.14. The van der Waals surface area contributed by atoms with Gasteiger partial charge in [-0.05, 0) is 39.8 Å². The van der Waals surface area contributed by atoms with E-state index in [1.165, 1.54) is 0 Å². The number of hydrogen-bond acceptors (Lipinski definition) is 5. The minimum Gasteiger partial charge on any atom is -0.491 e. The molecule has 0 amide bonds. The molecule has 1 aliphatic heterocycles. The highest BCUT2D eigenvalue weighted by molar-refractivity contribution is 5.59. The molecule has 1 aromatic carbocycles. The van der Waals surface area contributed by atoms with Crippen LogP contribution in [0.25, 0.3) is 0 Å². The number of rotatable bonds is 6. The molecule has 1 aromatic rings. The molecule has 0 bridgehead atoms. The maximum atomic E-state index is 5.87. The highest BCUT2D eigenvalue weighted by Gasteiger charge is 2.14. The van der Waals surface area contributed by atoms with Gasteiger partial charge in [0.2, 0.25) is 0 Å². The molecule has 2 rings (SSSR count). The number of benzene rings is 1. The maximum absolute atomic E-state index is 5.87. The van der Waals surface area contributed by atoms with Crippen LogP contribution in [0.3, 0.4) is 0 Å². The van der Waals surface area contributed by atoms with Crippen molar-refractivity contribution in [2.75, 3.05) is 31.7 Å². The smallest absolute Gasteiger partial charge is 0.144 e. The highest BCUT2D eigenvalue weighted by atomic mass is 16.5. The van der Waals surface area contributed by atoms with Gasteiger partial charge in [-0.1, -0.05) is 0 Å². The molecule has 21 heavy (non-hydrogen) atoms. The predicted molar refractivity (Wildman–Crippen MR) is 84.0 cm³/mol. The molecule has 1 aliphatic rings. The van der Waals surface area contributed by atoms with Crippen LogP contribution < -0.4 is 14.9 Å². The van der Waals surface area contributed by atoms with E-state index in [9.17, 15) is 0 Å². The summed E-state index contributed by atoms with van der Waals surface area (Å²) >= 11 is 0. The van der Waals surface area contributed by atoms with Crippen LogP contribution in [0.5, 0.6) is 11.5 Å². The topological polar surface area (TPSA) is 43.0 Å². The average Bonchev–Trinajstić information content (AvgIpc) is 2.42. The van der Waals surface area contributed by atoms with Crippen LogP contribution in [0.1, 0.15) is 27.7 Å². The lowest BCUT2D eigenvalue weighted by molar-refractivity contribution is 0.0494. The fourth-order valence-electron chi connectivity index (χ4n) is 2.14. The van der Waals surface area contributed by atoms with E-state index in [1.54, 1.807) is 0 Å². The number of ether oxygens (including phenoxy) is 3. The lowest BCUT2D eigenvalue weighted by Gasteiger charge is -2.29. The average molecular weight is 294 g/mol. The van der Waals surface area contributed by atoms with Gasteiger partial charge in [0.25, 0.3) is 0 Å². The van der Waals surface area contributed by atoms with E-state index in [4.69, 9.17) is 14.2 Å². The van der Waals surface area contributed by atoms with Crippen LogP contribution in [0.15, 0.2) is 18.2 Å². The van der Waals surface area contributed by atoms with Gasteiger partial charge in [-0.25, -0.2) is 5.01 Å². The van der Waals surface area contributed by atoms with Gasteiger partial charge in [-0.2, -0.15) is 0 Å². The van der Waals surface area contributed by atoms with Crippen molar-refractivity contribution in [1.82, 2.24) is 5.01 Å². The van der Waals surface area contributed by atoms with E-state index < -0.39 is 0 Å². The lowest BCUT2D eigenvalue weighted by Crippen LogP contribution is -2.40. The van der Waals surface area contributed by atoms with Crippen LogP contribution in [-0.2, 0) is 4.74 Å². The molecule has 0 atom stereocenters. The number of nitrogens with one attached hydrogen (secondary N) is 1. The molecule has 1 heterocycles. The minimum atomic E-state index is 0.132. The number of anilines is 1. The van der Waals surface area contributed by atoms with E-state index >= 15 is 0 Å². The van der Waals surface area contributed by atoms with E-state index in [-0.39, 0.29) is 12.2 Å². The standard InChI is InChI=1S/C16H26N2O3/c1-12(2)20-14-5-6-16(21-13(3)4)15(11-14)17-18-7-9-19-10-8-18/h5-6,11-13,17H,7-10H2,1-4H3. The van der Waals surface area contributed by atoms with E-state index in [2.05, 4.69) is 10.4 Å². The van der Waals surface area contributed by atoms with Crippen LogP contribution in [0.2, 0.25) is 0 Å². The van der Waals surface area contributed by atoms with Gasteiger partial charge in [-0.15, -0.1) is 0 Å². The SMILES string of the molecule is CC(C)Oc1ccc(OC(C)C)c(NN2CCOCC2)c1. The molecule has 1 saturated heterocycles. The molecule has 118 valence electrons. The molecule has 0 aromatic heterocycles. The zero-order chi connectivity index (χ0) is 15.2. The fraction of sp³-hybridized carbons (Fsp3) is 0.625. The summed E-state index contributed by atoms with van der Waals surface area (Å²) in [6.07, 6.45) is 0.283.